The van der Waals surface area contributed by atoms with Crippen molar-refractivity contribution < 1.29 is 9.47 Å². The molecule has 0 aliphatic carbocycles. The van der Waals surface area contributed by atoms with Crippen molar-refractivity contribution in [3.63, 3.8) is 0 Å². The van der Waals surface area contributed by atoms with Gasteiger partial charge in [-0.25, -0.2) is 0 Å². The number of hydrogen-bond donors (Lipinski definition) is 1. The third kappa shape index (κ3) is 3.15. The van der Waals surface area contributed by atoms with Crippen LogP contribution in [-0.2, 0) is 13.1 Å². The van der Waals surface area contributed by atoms with Gasteiger partial charge in [-0.2, -0.15) is 5.10 Å². The highest BCUT2D eigenvalue weighted by Crippen LogP contribution is 2.38. The van der Waals surface area contributed by atoms with Gasteiger partial charge in [0.05, 0.1) is 17.9 Å². The Morgan fingerprint density at radius 1 is 1.29 bits per heavy atom. The number of benzene rings is 1. The van der Waals surface area contributed by atoms with E-state index in [1.807, 2.05) is 29.1 Å². The fourth-order valence-corrected chi connectivity index (χ4v) is 2.77. The van der Waals surface area contributed by atoms with Crippen molar-refractivity contribution in [2.24, 2.45) is 0 Å². The summed E-state index contributed by atoms with van der Waals surface area (Å²) in [5.41, 5.74) is 2.15. The van der Waals surface area contributed by atoms with E-state index in [2.05, 4.69) is 33.3 Å². The minimum absolute atomic E-state index is 0.595. The van der Waals surface area contributed by atoms with E-state index < -0.39 is 0 Å². The van der Waals surface area contributed by atoms with Gasteiger partial charge in [0, 0.05) is 29.3 Å². The summed E-state index contributed by atoms with van der Waals surface area (Å²) in [6, 6.07) is 5.95. The number of nitrogens with one attached hydrogen (secondary N) is 1. The second-order valence-electron chi connectivity index (χ2n) is 4.87. The molecule has 1 aliphatic rings. The first-order valence-electron chi connectivity index (χ1n) is 7.11. The number of anilines is 1. The number of nitrogens with zero attached hydrogens (tertiary/aromatic N) is 2. The molecular weight excluding hydrogens is 334 g/mol. The van der Waals surface area contributed by atoms with Gasteiger partial charge in [0.1, 0.15) is 13.2 Å². The minimum atomic E-state index is 0.595. The van der Waals surface area contributed by atoms with E-state index in [1.54, 1.807) is 0 Å². The summed E-state index contributed by atoms with van der Waals surface area (Å²) in [5.74, 6) is 1.57. The molecule has 0 saturated carbocycles. The molecule has 0 unspecified atom stereocenters. The zero-order valence-electron chi connectivity index (χ0n) is 11.9. The van der Waals surface area contributed by atoms with E-state index in [4.69, 9.17) is 9.47 Å². The van der Waals surface area contributed by atoms with Crippen molar-refractivity contribution in [3.8, 4) is 11.5 Å². The molecule has 0 spiro atoms. The molecule has 1 N–H and O–H groups in total. The molecule has 2 heterocycles. The molecule has 0 fully saturated rings. The van der Waals surface area contributed by atoms with Crippen LogP contribution in [-0.4, -0.2) is 23.0 Å². The van der Waals surface area contributed by atoms with Gasteiger partial charge in [0.15, 0.2) is 11.5 Å². The van der Waals surface area contributed by atoms with Crippen LogP contribution in [0.3, 0.4) is 0 Å². The predicted molar refractivity (Wildman–Crippen MR) is 85.0 cm³/mol. The lowest BCUT2D eigenvalue weighted by Gasteiger charge is -2.20. The first-order valence-corrected chi connectivity index (χ1v) is 7.91. The number of halogens is 1. The van der Waals surface area contributed by atoms with Crippen LogP contribution in [0.15, 0.2) is 28.9 Å². The van der Waals surface area contributed by atoms with E-state index in [0.717, 1.165) is 41.2 Å². The maximum atomic E-state index is 5.62. The van der Waals surface area contributed by atoms with Crippen LogP contribution < -0.4 is 14.8 Å². The van der Waals surface area contributed by atoms with Gasteiger partial charge in [-0.05, 0) is 28.4 Å². The normalized spacial score (nSPS) is 13.2. The van der Waals surface area contributed by atoms with E-state index >= 15 is 0 Å². The molecule has 5 nitrogen and oxygen atoms in total. The second kappa shape index (κ2) is 6.39. The molecule has 2 aromatic rings. The van der Waals surface area contributed by atoms with Gasteiger partial charge in [0.2, 0.25) is 0 Å². The van der Waals surface area contributed by atoms with Gasteiger partial charge in [0.25, 0.3) is 0 Å². The van der Waals surface area contributed by atoms with Gasteiger partial charge in [-0.15, -0.1) is 0 Å². The standard InChI is InChI=1S/C15H18BrN3O2/c1-2-5-19-11(3-4-18-19)10-17-13-9-15-14(8-12(13)16)20-6-7-21-15/h3-4,8-9,17H,2,5-7,10H2,1H3. The summed E-state index contributed by atoms with van der Waals surface area (Å²) in [6.45, 7) is 5.00. The number of aromatic nitrogens is 2. The summed E-state index contributed by atoms with van der Waals surface area (Å²) in [7, 11) is 0. The zero-order chi connectivity index (χ0) is 14.7. The Balaban J connectivity index is 1.74. The Morgan fingerprint density at radius 3 is 2.81 bits per heavy atom. The van der Waals surface area contributed by atoms with Crippen LogP contribution in [0.2, 0.25) is 0 Å². The van der Waals surface area contributed by atoms with Crippen molar-refractivity contribution >= 4 is 21.6 Å². The average molecular weight is 352 g/mol. The molecular formula is C15H18BrN3O2. The fraction of sp³-hybridized carbons (Fsp3) is 0.400. The molecule has 0 amide bonds. The first-order chi connectivity index (χ1) is 10.3. The molecule has 1 aliphatic heterocycles. The molecule has 6 heteroatoms. The smallest absolute Gasteiger partial charge is 0.163 e. The number of fused-ring (bicyclic) bond motifs is 1. The lowest BCUT2D eigenvalue weighted by atomic mass is 10.2. The van der Waals surface area contributed by atoms with Crippen molar-refractivity contribution in [1.82, 2.24) is 9.78 Å². The van der Waals surface area contributed by atoms with Crippen molar-refractivity contribution in [1.29, 1.82) is 0 Å². The van der Waals surface area contributed by atoms with Gasteiger partial charge < -0.3 is 14.8 Å². The Bertz CT molecular complexity index is 627. The molecule has 112 valence electrons. The topological polar surface area (TPSA) is 48.3 Å². The molecule has 0 bridgehead atoms. The van der Waals surface area contributed by atoms with Crippen LogP contribution >= 0.6 is 15.9 Å². The second-order valence-corrected chi connectivity index (χ2v) is 5.73. The van der Waals surface area contributed by atoms with Crippen LogP contribution in [0.25, 0.3) is 0 Å². The SMILES string of the molecule is CCCn1nccc1CNc1cc2c(cc1Br)OCCO2. The lowest BCUT2D eigenvalue weighted by molar-refractivity contribution is 0.171. The summed E-state index contributed by atoms with van der Waals surface area (Å²) in [4.78, 5) is 0. The summed E-state index contributed by atoms with van der Waals surface area (Å²) < 4.78 is 14.2. The average Bonchev–Trinajstić information content (AvgIpc) is 2.93. The highest BCUT2D eigenvalue weighted by Gasteiger charge is 2.15. The zero-order valence-corrected chi connectivity index (χ0v) is 13.5. The Hall–Kier alpha value is -1.69. The third-order valence-corrected chi connectivity index (χ3v) is 3.99. The fourth-order valence-electron chi connectivity index (χ4n) is 2.31. The quantitative estimate of drug-likeness (QED) is 0.896. The van der Waals surface area contributed by atoms with Crippen molar-refractivity contribution in [2.45, 2.75) is 26.4 Å². The molecule has 1 aromatic heterocycles. The van der Waals surface area contributed by atoms with Crippen molar-refractivity contribution in [2.75, 3.05) is 18.5 Å². The summed E-state index contributed by atoms with van der Waals surface area (Å²) in [5, 5.41) is 7.75. The van der Waals surface area contributed by atoms with Gasteiger partial charge in [-0.3, -0.25) is 4.68 Å². The largest absolute Gasteiger partial charge is 0.486 e. The number of rotatable bonds is 5. The third-order valence-electron chi connectivity index (χ3n) is 3.33. The molecule has 1 aromatic carbocycles. The lowest BCUT2D eigenvalue weighted by Crippen LogP contribution is -2.16. The highest BCUT2D eigenvalue weighted by atomic mass is 79.9. The maximum absolute atomic E-state index is 5.62. The predicted octanol–water partition coefficient (Wildman–Crippen LogP) is 3.44. The molecule has 0 atom stereocenters. The summed E-state index contributed by atoms with van der Waals surface area (Å²) >= 11 is 3.57. The van der Waals surface area contributed by atoms with Crippen LogP contribution in [0.1, 0.15) is 19.0 Å². The summed E-state index contributed by atoms with van der Waals surface area (Å²) in [6.07, 6.45) is 2.91. The Kier molecular flexibility index (Phi) is 4.34. The van der Waals surface area contributed by atoms with E-state index in [1.165, 1.54) is 5.69 Å². The van der Waals surface area contributed by atoms with Gasteiger partial charge in [-0.1, -0.05) is 6.92 Å². The monoisotopic (exact) mass is 351 g/mol. The van der Waals surface area contributed by atoms with Gasteiger partial charge >= 0.3 is 0 Å². The molecule has 0 radical (unpaired) electrons. The molecule has 0 saturated heterocycles. The molecule has 21 heavy (non-hydrogen) atoms. The number of hydrogen-bond acceptors (Lipinski definition) is 4. The van der Waals surface area contributed by atoms with Crippen LogP contribution in [0.5, 0.6) is 11.5 Å². The number of ether oxygens (including phenoxy) is 2. The van der Waals surface area contributed by atoms with E-state index in [9.17, 15) is 0 Å². The van der Waals surface area contributed by atoms with Crippen molar-refractivity contribution in [3.05, 3.63) is 34.6 Å². The van der Waals surface area contributed by atoms with E-state index in [-0.39, 0.29) is 0 Å². The Labute approximate surface area is 132 Å². The van der Waals surface area contributed by atoms with Crippen LogP contribution in [0, 0.1) is 0 Å². The first kappa shape index (κ1) is 14.3. The number of aryl methyl sites for hydroxylation is 1. The van der Waals surface area contributed by atoms with Crippen LogP contribution in [0.4, 0.5) is 5.69 Å². The highest BCUT2D eigenvalue weighted by molar-refractivity contribution is 9.10. The molecule has 3 rings (SSSR count). The Morgan fingerprint density at radius 2 is 2.05 bits per heavy atom. The van der Waals surface area contributed by atoms with E-state index in [0.29, 0.717) is 13.2 Å². The minimum Gasteiger partial charge on any atom is -0.486 e. The maximum Gasteiger partial charge on any atom is 0.163 e.